The van der Waals surface area contributed by atoms with E-state index in [1.807, 2.05) is 6.92 Å². The van der Waals surface area contributed by atoms with E-state index in [1.54, 1.807) is 0 Å². The molecule has 0 aromatic rings. The van der Waals surface area contributed by atoms with Crippen molar-refractivity contribution in [3.8, 4) is 0 Å². The van der Waals surface area contributed by atoms with Crippen LogP contribution in [-0.2, 0) is 9.59 Å². The van der Waals surface area contributed by atoms with Crippen LogP contribution in [0.2, 0.25) is 0 Å². The van der Waals surface area contributed by atoms with E-state index in [0.717, 1.165) is 19.3 Å². The summed E-state index contributed by atoms with van der Waals surface area (Å²) < 4.78 is 0. The second kappa shape index (κ2) is 6.73. The van der Waals surface area contributed by atoms with Gasteiger partial charge in [0.1, 0.15) is 0 Å². The highest BCUT2D eigenvalue weighted by Gasteiger charge is 2.43. The van der Waals surface area contributed by atoms with Gasteiger partial charge in [0.2, 0.25) is 5.91 Å². The molecule has 1 fully saturated rings. The average molecular weight is 257 g/mol. The number of aliphatic hydroxyl groups excluding tert-OH is 1. The van der Waals surface area contributed by atoms with Gasteiger partial charge in [0.25, 0.3) is 0 Å². The third kappa shape index (κ3) is 3.70. The fourth-order valence-corrected chi connectivity index (χ4v) is 2.64. The van der Waals surface area contributed by atoms with Crippen LogP contribution >= 0.6 is 0 Å². The molecule has 0 radical (unpaired) electrons. The third-order valence-electron chi connectivity index (χ3n) is 3.85. The Morgan fingerprint density at radius 3 is 2.39 bits per heavy atom. The lowest BCUT2D eigenvalue weighted by Crippen LogP contribution is -2.40. The maximum absolute atomic E-state index is 11.9. The average Bonchev–Trinajstić information content (AvgIpc) is 2.78. The molecule has 1 unspecified atom stereocenters. The Bertz CT molecular complexity index is 297. The molecule has 0 aromatic heterocycles. The van der Waals surface area contributed by atoms with Crippen molar-refractivity contribution in [2.45, 2.75) is 57.9 Å². The molecule has 5 heteroatoms. The summed E-state index contributed by atoms with van der Waals surface area (Å²) in [6.45, 7) is 1.96. The molecule has 0 aromatic carbocycles. The largest absolute Gasteiger partial charge is 0.481 e. The molecule has 104 valence electrons. The van der Waals surface area contributed by atoms with Crippen molar-refractivity contribution in [3.63, 3.8) is 0 Å². The number of amides is 1. The normalized spacial score (nSPS) is 19.4. The maximum atomic E-state index is 11.9. The van der Waals surface area contributed by atoms with Crippen LogP contribution in [0.1, 0.15) is 51.9 Å². The van der Waals surface area contributed by atoms with Gasteiger partial charge >= 0.3 is 5.97 Å². The molecule has 3 N–H and O–H groups in total. The zero-order chi connectivity index (χ0) is 13.6. The standard InChI is InChI=1S/C13H23NO4/c1-2-10(5-8-15)14-11(16)9-13(12(17)18)6-3-4-7-13/h10,15H,2-9H2,1H3,(H,14,16)(H,17,18). The molecule has 0 heterocycles. The number of aliphatic carboxylic acids is 1. The van der Waals surface area contributed by atoms with E-state index >= 15 is 0 Å². The summed E-state index contributed by atoms with van der Waals surface area (Å²) in [4.78, 5) is 23.2. The predicted octanol–water partition coefficient (Wildman–Crippen LogP) is 1.30. The first kappa shape index (κ1) is 15.0. The lowest BCUT2D eigenvalue weighted by Gasteiger charge is -2.24. The Hall–Kier alpha value is -1.10. The molecule has 1 aliphatic rings. The van der Waals surface area contributed by atoms with Crippen molar-refractivity contribution >= 4 is 11.9 Å². The summed E-state index contributed by atoms with van der Waals surface area (Å²) in [7, 11) is 0. The van der Waals surface area contributed by atoms with Gasteiger partial charge in [-0.05, 0) is 25.7 Å². The van der Waals surface area contributed by atoms with Gasteiger partial charge in [-0.1, -0.05) is 19.8 Å². The van der Waals surface area contributed by atoms with Crippen LogP contribution in [-0.4, -0.2) is 34.7 Å². The Morgan fingerprint density at radius 2 is 1.94 bits per heavy atom. The lowest BCUT2D eigenvalue weighted by atomic mass is 9.82. The molecule has 1 saturated carbocycles. The van der Waals surface area contributed by atoms with Gasteiger partial charge in [0.15, 0.2) is 0 Å². The van der Waals surface area contributed by atoms with Crippen LogP contribution in [0.25, 0.3) is 0 Å². The number of carbonyl (C=O) groups excluding carboxylic acids is 1. The fourth-order valence-electron chi connectivity index (χ4n) is 2.64. The molecule has 5 nitrogen and oxygen atoms in total. The molecule has 0 bridgehead atoms. The molecule has 1 atom stereocenters. The maximum Gasteiger partial charge on any atom is 0.310 e. The highest BCUT2D eigenvalue weighted by atomic mass is 16.4. The van der Waals surface area contributed by atoms with Crippen LogP contribution in [0.15, 0.2) is 0 Å². The Balaban J connectivity index is 2.54. The number of nitrogens with one attached hydrogen (secondary N) is 1. The van der Waals surface area contributed by atoms with Gasteiger partial charge in [-0.3, -0.25) is 9.59 Å². The summed E-state index contributed by atoms with van der Waals surface area (Å²) in [6.07, 6.45) is 4.26. The van der Waals surface area contributed by atoms with Gasteiger partial charge in [-0.15, -0.1) is 0 Å². The summed E-state index contributed by atoms with van der Waals surface area (Å²) >= 11 is 0. The van der Waals surface area contributed by atoms with E-state index in [0.29, 0.717) is 19.3 Å². The molecular formula is C13H23NO4. The van der Waals surface area contributed by atoms with Crippen molar-refractivity contribution in [2.24, 2.45) is 5.41 Å². The second-order valence-electron chi connectivity index (χ2n) is 5.15. The van der Waals surface area contributed by atoms with E-state index in [-0.39, 0.29) is 25.0 Å². The van der Waals surface area contributed by atoms with Gasteiger partial charge < -0.3 is 15.5 Å². The topological polar surface area (TPSA) is 86.6 Å². The van der Waals surface area contributed by atoms with E-state index in [1.165, 1.54) is 0 Å². The SMILES string of the molecule is CCC(CCO)NC(=O)CC1(C(=O)O)CCCC1. The molecule has 1 aliphatic carbocycles. The molecular weight excluding hydrogens is 234 g/mol. The summed E-state index contributed by atoms with van der Waals surface area (Å²) in [5.74, 6) is -1.06. The van der Waals surface area contributed by atoms with Crippen molar-refractivity contribution < 1.29 is 19.8 Å². The van der Waals surface area contributed by atoms with Crippen LogP contribution < -0.4 is 5.32 Å². The van der Waals surface area contributed by atoms with E-state index in [9.17, 15) is 14.7 Å². The van der Waals surface area contributed by atoms with E-state index in [4.69, 9.17) is 5.11 Å². The Morgan fingerprint density at radius 1 is 1.33 bits per heavy atom. The van der Waals surface area contributed by atoms with E-state index < -0.39 is 11.4 Å². The first-order valence-electron chi connectivity index (χ1n) is 6.67. The first-order valence-corrected chi connectivity index (χ1v) is 6.67. The third-order valence-corrected chi connectivity index (χ3v) is 3.85. The number of carboxylic acid groups (broad SMARTS) is 1. The van der Waals surface area contributed by atoms with Gasteiger partial charge in [0, 0.05) is 19.1 Å². The zero-order valence-electron chi connectivity index (χ0n) is 10.9. The first-order chi connectivity index (χ1) is 8.54. The number of hydrogen-bond acceptors (Lipinski definition) is 3. The fraction of sp³-hybridized carbons (Fsp3) is 0.846. The molecule has 1 amide bonds. The minimum absolute atomic E-state index is 0.0306. The van der Waals surface area contributed by atoms with Crippen LogP contribution in [0.5, 0.6) is 0 Å². The van der Waals surface area contributed by atoms with Crippen molar-refractivity contribution in [1.82, 2.24) is 5.32 Å². The Labute approximate surface area is 108 Å². The quantitative estimate of drug-likeness (QED) is 0.641. The summed E-state index contributed by atoms with van der Waals surface area (Å²) in [5.41, 5.74) is -0.860. The second-order valence-corrected chi connectivity index (χ2v) is 5.15. The minimum atomic E-state index is -0.860. The molecule has 0 spiro atoms. The van der Waals surface area contributed by atoms with Crippen molar-refractivity contribution in [2.75, 3.05) is 6.61 Å². The number of aliphatic hydroxyl groups is 1. The van der Waals surface area contributed by atoms with Crippen molar-refractivity contribution in [1.29, 1.82) is 0 Å². The van der Waals surface area contributed by atoms with Gasteiger partial charge in [0.05, 0.1) is 5.41 Å². The Kier molecular flexibility index (Phi) is 5.59. The highest BCUT2D eigenvalue weighted by Crippen LogP contribution is 2.41. The van der Waals surface area contributed by atoms with Gasteiger partial charge in [-0.25, -0.2) is 0 Å². The lowest BCUT2D eigenvalue weighted by molar-refractivity contribution is -0.151. The molecule has 0 aliphatic heterocycles. The van der Waals surface area contributed by atoms with Crippen molar-refractivity contribution in [3.05, 3.63) is 0 Å². The highest BCUT2D eigenvalue weighted by molar-refractivity contribution is 5.85. The number of carbonyl (C=O) groups is 2. The minimum Gasteiger partial charge on any atom is -0.481 e. The van der Waals surface area contributed by atoms with Gasteiger partial charge in [-0.2, -0.15) is 0 Å². The molecule has 18 heavy (non-hydrogen) atoms. The van der Waals surface area contributed by atoms with Crippen LogP contribution in [0.3, 0.4) is 0 Å². The smallest absolute Gasteiger partial charge is 0.310 e. The number of rotatable bonds is 7. The summed E-state index contributed by atoms with van der Waals surface area (Å²) in [5, 5.41) is 21.0. The zero-order valence-corrected chi connectivity index (χ0v) is 10.9. The predicted molar refractivity (Wildman–Crippen MR) is 67.1 cm³/mol. The number of hydrogen-bond donors (Lipinski definition) is 3. The monoisotopic (exact) mass is 257 g/mol. The van der Waals surface area contributed by atoms with Crippen LogP contribution in [0, 0.1) is 5.41 Å². The molecule has 1 rings (SSSR count). The van der Waals surface area contributed by atoms with Crippen LogP contribution in [0.4, 0.5) is 0 Å². The number of carboxylic acids is 1. The summed E-state index contributed by atoms with van der Waals surface area (Å²) in [6, 6.07) is -0.0604. The van der Waals surface area contributed by atoms with E-state index in [2.05, 4.69) is 5.32 Å². The molecule has 0 saturated heterocycles.